The number of benzene rings is 2. The second-order valence-electron chi connectivity index (χ2n) is 3.92. The van der Waals surface area contributed by atoms with Crippen LogP contribution in [0.3, 0.4) is 0 Å². The van der Waals surface area contributed by atoms with E-state index in [1.807, 2.05) is 37.3 Å². The molecule has 0 aromatic heterocycles. The summed E-state index contributed by atoms with van der Waals surface area (Å²) in [4.78, 5) is -0.0914. The van der Waals surface area contributed by atoms with E-state index >= 15 is 0 Å². The van der Waals surface area contributed by atoms with Gasteiger partial charge in [0.25, 0.3) is 0 Å². The van der Waals surface area contributed by atoms with Gasteiger partial charge in [0.15, 0.2) is 0 Å². The van der Waals surface area contributed by atoms with Crippen LogP contribution in [-0.4, -0.2) is 0 Å². The lowest BCUT2D eigenvalue weighted by atomic mass is 10.0. The molecule has 2 rings (SSSR count). The molecule has 1 unspecified atom stereocenters. The Labute approximate surface area is 114 Å². The van der Waals surface area contributed by atoms with Gasteiger partial charge in [-0.25, -0.2) is 4.39 Å². The van der Waals surface area contributed by atoms with Crippen LogP contribution in [0.4, 0.5) is 4.39 Å². The number of alkyl halides is 1. The van der Waals surface area contributed by atoms with E-state index in [4.69, 9.17) is 11.6 Å². The fourth-order valence-corrected chi connectivity index (χ4v) is 2.68. The van der Waals surface area contributed by atoms with Crippen LogP contribution in [0.5, 0.6) is 0 Å². The molecule has 0 aliphatic heterocycles. The third-order valence-corrected chi connectivity index (χ3v) is 4.05. The number of hydrogen-bond donors (Lipinski definition) is 0. The number of halogens is 3. The van der Waals surface area contributed by atoms with Crippen LogP contribution in [0.2, 0.25) is 5.02 Å². The minimum absolute atomic E-state index is 0.0914. The van der Waals surface area contributed by atoms with Crippen molar-refractivity contribution in [2.45, 2.75) is 11.8 Å². The zero-order valence-electron chi connectivity index (χ0n) is 9.25. The summed E-state index contributed by atoms with van der Waals surface area (Å²) in [5, 5.41) is 0.176. The Morgan fingerprint density at radius 2 is 1.76 bits per heavy atom. The first kappa shape index (κ1) is 12.6. The molecule has 0 fully saturated rings. The number of rotatable bonds is 2. The van der Waals surface area contributed by atoms with Crippen molar-refractivity contribution in [2.24, 2.45) is 0 Å². The minimum Gasteiger partial charge on any atom is -0.205 e. The molecule has 3 heteroatoms. The van der Waals surface area contributed by atoms with Gasteiger partial charge in [0, 0.05) is 0 Å². The molecule has 0 N–H and O–H groups in total. The van der Waals surface area contributed by atoms with E-state index in [1.165, 1.54) is 11.6 Å². The molecule has 88 valence electrons. The largest absolute Gasteiger partial charge is 0.205 e. The number of aryl methyl sites for hydroxylation is 1. The minimum atomic E-state index is -0.388. The van der Waals surface area contributed by atoms with E-state index < -0.39 is 0 Å². The van der Waals surface area contributed by atoms with Crippen molar-refractivity contribution in [1.29, 1.82) is 0 Å². The van der Waals surface area contributed by atoms with Crippen LogP contribution < -0.4 is 0 Å². The second-order valence-corrected chi connectivity index (χ2v) is 5.21. The molecule has 2 aromatic rings. The van der Waals surface area contributed by atoms with E-state index in [9.17, 15) is 4.39 Å². The molecule has 1 atom stereocenters. The van der Waals surface area contributed by atoms with Crippen molar-refractivity contribution in [2.75, 3.05) is 0 Å². The molecule has 0 aliphatic rings. The molecule has 0 aliphatic carbocycles. The van der Waals surface area contributed by atoms with Crippen molar-refractivity contribution in [1.82, 2.24) is 0 Å². The Morgan fingerprint density at radius 1 is 1.12 bits per heavy atom. The van der Waals surface area contributed by atoms with Gasteiger partial charge < -0.3 is 0 Å². The monoisotopic (exact) mass is 312 g/mol. The highest BCUT2D eigenvalue weighted by Crippen LogP contribution is 2.36. The Balaban J connectivity index is 2.40. The first-order chi connectivity index (χ1) is 8.09. The fourth-order valence-electron chi connectivity index (χ4n) is 1.63. The van der Waals surface area contributed by atoms with Gasteiger partial charge in [-0.3, -0.25) is 0 Å². The van der Waals surface area contributed by atoms with Gasteiger partial charge in [0.1, 0.15) is 5.82 Å². The first-order valence-corrected chi connectivity index (χ1v) is 6.53. The van der Waals surface area contributed by atoms with E-state index in [0.717, 1.165) is 11.1 Å². The van der Waals surface area contributed by atoms with Crippen LogP contribution in [-0.2, 0) is 0 Å². The van der Waals surface area contributed by atoms with Crippen LogP contribution in [0.15, 0.2) is 42.5 Å². The van der Waals surface area contributed by atoms with Crippen molar-refractivity contribution in [3.63, 3.8) is 0 Å². The van der Waals surface area contributed by atoms with Gasteiger partial charge in [-0.2, -0.15) is 0 Å². The molecular formula is C14H11BrClF. The van der Waals surface area contributed by atoms with Crippen molar-refractivity contribution < 1.29 is 4.39 Å². The predicted molar refractivity (Wildman–Crippen MR) is 73.4 cm³/mol. The molecule has 2 aromatic carbocycles. The van der Waals surface area contributed by atoms with Crippen molar-refractivity contribution in [3.8, 4) is 0 Å². The van der Waals surface area contributed by atoms with Crippen LogP contribution in [0.25, 0.3) is 0 Å². The Morgan fingerprint density at radius 3 is 2.41 bits per heavy atom. The summed E-state index contributed by atoms with van der Waals surface area (Å²) in [6.45, 7) is 2.03. The third-order valence-electron chi connectivity index (χ3n) is 2.62. The summed E-state index contributed by atoms with van der Waals surface area (Å²) in [7, 11) is 0. The average Bonchev–Trinajstić information content (AvgIpc) is 2.33. The topological polar surface area (TPSA) is 0 Å². The highest BCUT2D eigenvalue weighted by molar-refractivity contribution is 9.09. The van der Waals surface area contributed by atoms with E-state index in [0.29, 0.717) is 0 Å². The van der Waals surface area contributed by atoms with Gasteiger partial charge in [0.2, 0.25) is 0 Å². The van der Waals surface area contributed by atoms with E-state index in [-0.39, 0.29) is 15.7 Å². The van der Waals surface area contributed by atoms with Gasteiger partial charge in [-0.05, 0) is 24.1 Å². The maximum Gasteiger partial charge on any atom is 0.142 e. The molecule has 17 heavy (non-hydrogen) atoms. The predicted octanol–water partition coefficient (Wildman–Crippen LogP) is 5.27. The average molecular weight is 314 g/mol. The second kappa shape index (κ2) is 5.19. The highest BCUT2D eigenvalue weighted by atomic mass is 79.9. The van der Waals surface area contributed by atoms with Gasteiger partial charge in [0.05, 0.1) is 9.85 Å². The maximum atomic E-state index is 13.4. The molecule has 0 spiro atoms. The highest BCUT2D eigenvalue weighted by Gasteiger charge is 2.15. The van der Waals surface area contributed by atoms with Crippen LogP contribution in [0, 0.1) is 12.7 Å². The fraction of sp³-hybridized carbons (Fsp3) is 0.143. The number of hydrogen-bond acceptors (Lipinski definition) is 0. The molecular weight excluding hydrogens is 303 g/mol. The summed E-state index contributed by atoms with van der Waals surface area (Å²) < 4.78 is 13.4. The van der Waals surface area contributed by atoms with Crippen molar-refractivity contribution in [3.05, 3.63) is 70.0 Å². The van der Waals surface area contributed by atoms with E-state index in [2.05, 4.69) is 15.9 Å². The molecule has 0 heterocycles. The quantitative estimate of drug-likeness (QED) is 0.662. The standard InChI is InChI=1S/C14H11BrClF/c1-9-5-7-10(8-6-9)13(15)11-3-2-4-12(17)14(11)16/h2-8,13H,1H3. The third kappa shape index (κ3) is 2.70. The Bertz CT molecular complexity index is 522. The Hall–Kier alpha value is -0.860. The van der Waals surface area contributed by atoms with Gasteiger partial charge >= 0.3 is 0 Å². The lowest BCUT2D eigenvalue weighted by molar-refractivity contribution is 0.626. The molecule has 0 saturated carbocycles. The maximum absolute atomic E-state index is 13.4. The molecule has 0 radical (unpaired) electrons. The molecule has 0 bridgehead atoms. The SMILES string of the molecule is Cc1ccc(C(Br)c2cccc(F)c2Cl)cc1. The zero-order chi connectivity index (χ0) is 12.4. The van der Waals surface area contributed by atoms with Crippen LogP contribution >= 0.6 is 27.5 Å². The summed E-state index contributed by atoms with van der Waals surface area (Å²) in [6, 6.07) is 12.9. The first-order valence-electron chi connectivity index (χ1n) is 5.24. The molecule has 0 nitrogen and oxygen atoms in total. The molecule has 0 amide bonds. The lowest BCUT2D eigenvalue weighted by Gasteiger charge is -2.13. The zero-order valence-corrected chi connectivity index (χ0v) is 11.6. The van der Waals surface area contributed by atoms with Gasteiger partial charge in [-0.1, -0.05) is 69.5 Å². The summed E-state index contributed by atoms with van der Waals surface area (Å²) in [5.74, 6) is -0.388. The Kier molecular flexibility index (Phi) is 3.85. The van der Waals surface area contributed by atoms with E-state index in [1.54, 1.807) is 6.07 Å². The summed E-state index contributed by atoms with van der Waals surface area (Å²) >= 11 is 9.52. The van der Waals surface area contributed by atoms with Crippen LogP contribution in [0.1, 0.15) is 21.5 Å². The molecule has 0 saturated heterocycles. The lowest BCUT2D eigenvalue weighted by Crippen LogP contribution is -1.95. The van der Waals surface area contributed by atoms with Crippen molar-refractivity contribution >= 4 is 27.5 Å². The normalized spacial score (nSPS) is 12.5. The summed E-state index contributed by atoms with van der Waals surface area (Å²) in [6.07, 6.45) is 0. The van der Waals surface area contributed by atoms with Gasteiger partial charge in [-0.15, -0.1) is 0 Å². The smallest absolute Gasteiger partial charge is 0.142 e. The summed E-state index contributed by atoms with van der Waals surface area (Å²) in [5.41, 5.74) is 3.00.